The Kier molecular flexibility index (Phi) is 7.19. The molecule has 0 spiro atoms. The highest BCUT2D eigenvalue weighted by atomic mass is 16.4. The Balaban J connectivity index is 5.20. The molecule has 0 aromatic carbocycles. The summed E-state index contributed by atoms with van der Waals surface area (Å²) in [4.78, 5) is 34.7. The van der Waals surface area contributed by atoms with E-state index in [1.54, 1.807) is 34.7 Å². The molecule has 0 aromatic rings. The minimum atomic E-state index is -0.964. The summed E-state index contributed by atoms with van der Waals surface area (Å²) in [6.07, 6.45) is 0.525. The van der Waals surface area contributed by atoms with Crippen LogP contribution in [0.25, 0.3) is 0 Å². The molecule has 21 heavy (non-hydrogen) atoms. The summed E-state index contributed by atoms with van der Waals surface area (Å²) in [6, 6.07) is -0.477. The fraction of sp³-hybridized carbons (Fsp3) is 0.800. The fourth-order valence-electron chi connectivity index (χ4n) is 2.24. The number of rotatable bonds is 10. The average molecular weight is 300 g/mol. The molecule has 6 nitrogen and oxygen atoms in total. The Morgan fingerprint density at radius 2 is 1.71 bits per heavy atom. The van der Waals surface area contributed by atoms with E-state index in [4.69, 9.17) is 5.11 Å². The monoisotopic (exact) mass is 300 g/mol. The highest BCUT2D eigenvalue weighted by Crippen LogP contribution is 2.19. The second kappa shape index (κ2) is 7.66. The van der Waals surface area contributed by atoms with Crippen LogP contribution in [0.4, 0.5) is 0 Å². The third-order valence-electron chi connectivity index (χ3n) is 4.01. The van der Waals surface area contributed by atoms with Crippen molar-refractivity contribution in [2.75, 3.05) is 7.05 Å². The van der Waals surface area contributed by atoms with Gasteiger partial charge in [0.1, 0.15) is 5.78 Å². The average Bonchev–Trinajstić information content (AvgIpc) is 2.35. The van der Waals surface area contributed by atoms with Crippen LogP contribution in [0.3, 0.4) is 0 Å². The molecule has 0 aliphatic heterocycles. The lowest BCUT2D eigenvalue weighted by Crippen LogP contribution is -2.57. The summed E-state index contributed by atoms with van der Waals surface area (Å²) in [5.74, 6) is -1.03. The number of hydrogen-bond acceptors (Lipinski definition) is 5. The minimum absolute atomic E-state index is 0.0165. The number of aliphatic carboxylic acids is 1. The topological polar surface area (TPSA) is 95.5 Å². The Morgan fingerprint density at radius 1 is 1.19 bits per heavy atom. The first-order chi connectivity index (χ1) is 9.48. The fourth-order valence-corrected chi connectivity index (χ4v) is 2.24. The van der Waals surface area contributed by atoms with Gasteiger partial charge in [0.05, 0.1) is 17.5 Å². The van der Waals surface area contributed by atoms with Crippen molar-refractivity contribution in [2.45, 2.75) is 71.0 Å². The predicted molar refractivity (Wildman–Crippen MR) is 81.3 cm³/mol. The molecule has 0 aromatic heterocycles. The number of carbonyl (C=O) groups excluding carboxylic acids is 2. The molecular weight excluding hydrogens is 272 g/mol. The van der Waals surface area contributed by atoms with Gasteiger partial charge in [0, 0.05) is 12.5 Å². The maximum absolute atomic E-state index is 12.1. The van der Waals surface area contributed by atoms with Gasteiger partial charge in [-0.05, 0) is 41.2 Å². The van der Waals surface area contributed by atoms with Gasteiger partial charge in [-0.25, -0.2) is 0 Å². The Morgan fingerprint density at radius 3 is 2.05 bits per heavy atom. The van der Waals surface area contributed by atoms with E-state index < -0.39 is 23.1 Å². The number of nitrogens with one attached hydrogen (secondary N) is 2. The van der Waals surface area contributed by atoms with Crippen molar-refractivity contribution in [1.82, 2.24) is 10.6 Å². The molecule has 0 saturated heterocycles. The maximum Gasteiger partial charge on any atom is 0.304 e. The highest BCUT2D eigenvalue weighted by Gasteiger charge is 2.36. The number of ketones is 2. The van der Waals surface area contributed by atoms with Gasteiger partial charge < -0.3 is 15.7 Å². The van der Waals surface area contributed by atoms with Crippen molar-refractivity contribution in [1.29, 1.82) is 0 Å². The molecular formula is C15H28N2O4. The van der Waals surface area contributed by atoms with Crippen molar-refractivity contribution < 1.29 is 19.5 Å². The molecule has 0 fully saturated rings. The number of carbonyl (C=O) groups is 3. The summed E-state index contributed by atoms with van der Waals surface area (Å²) in [6.45, 7) is 8.41. The van der Waals surface area contributed by atoms with Crippen molar-refractivity contribution in [3.8, 4) is 0 Å². The number of carboxylic acid groups (broad SMARTS) is 1. The first kappa shape index (κ1) is 19.7. The second-order valence-electron chi connectivity index (χ2n) is 6.18. The molecule has 2 unspecified atom stereocenters. The first-order valence-corrected chi connectivity index (χ1v) is 7.21. The molecule has 0 aliphatic carbocycles. The number of carboxylic acids is 1. The summed E-state index contributed by atoms with van der Waals surface area (Å²) < 4.78 is 0. The smallest absolute Gasteiger partial charge is 0.304 e. The quantitative estimate of drug-likeness (QED) is 0.560. The zero-order chi connectivity index (χ0) is 16.8. The van der Waals surface area contributed by atoms with Gasteiger partial charge in [-0.15, -0.1) is 0 Å². The van der Waals surface area contributed by atoms with Crippen LogP contribution < -0.4 is 10.6 Å². The van der Waals surface area contributed by atoms with Crippen LogP contribution in [-0.4, -0.2) is 46.8 Å². The lowest BCUT2D eigenvalue weighted by molar-refractivity contribution is -0.138. The zero-order valence-electron chi connectivity index (χ0n) is 13.9. The normalized spacial score (nSPS) is 16.1. The van der Waals surface area contributed by atoms with Gasteiger partial charge in [0.25, 0.3) is 0 Å². The van der Waals surface area contributed by atoms with E-state index in [2.05, 4.69) is 10.6 Å². The third-order valence-corrected chi connectivity index (χ3v) is 4.01. The van der Waals surface area contributed by atoms with Crippen LogP contribution in [0, 0.1) is 0 Å². The van der Waals surface area contributed by atoms with Crippen LogP contribution in [0.5, 0.6) is 0 Å². The van der Waals surface area contributed by atoms with E-state index in [0.717, 1.165) is 0 Å². The van der Waals surface area contributed by atoms with Crippen LogP contribution in [0.1, 0.15) is 53.9 Å². The number of likely N-dealkylation sites (N-methyl/N-ethyl adjacent to an activating group) is 1. The largest absolute Gasteiger partial charge is 0.481 e. The Labute approximate surface area is 126 Å². The van der Waals surface area contributed by atoms with Gasteiger partial charge >= 0.3 is 5.97 Å². The molecule has 3 N–H and O–H groups in total. The second-order valence-corrected chi connectivity index (χ2v) is 6.18. The maximum atomic E-state index is 12.1. The van der Waals surface area contributed by atoms with Gasteiger partial charge in [0.15, 0.2) is 5.78 Å². The van der Waals surface area contributed by atoms with Crippen molar-refractivity contribution >= 4 is 17.5 Å². The summed E-state index contributed by atoms with van der Waals surface area (Å²) in [7, 11) is 1.68. The van der Waals surface area contributed by atoms with Gasteiger partial charge in [-0.3, -0.25) is 14.4 Å². The zero-order valence-corrected chi connectivity index (χ0v) is 13.9. The molecule has 6 heteroatoms. The van der Waals surface area contributed by atoms with E-state index in [1.807, 2.05) is 0 Å². The molecule has 122 valence electrons. The predicted octanol–water partition coefficient (Wildman–Crippen LogP) is 1.13. The lowest BCUT2D eigenvalue weighted by Gasteiger charge is -2.35. The van der Waals surface area contributed by atoms with Crippen molar-refractivity contribution in [3.63, 3.8) is 0 Å². The van der Waals surface area contributed by atoms with E-state index in [1.165, 1.54) is 6.92 Å². The first-order valence-electron chi connectivity index (χ1n) is 7.21. The number of hydrogen-bond donors (Lipinski definition) is 3. The Hall–Kier alpha value is -1.27. The molecule has 0 aliphatic rings. The van der Waals surface area contributed by atoms with Gasteiger partial charge in [-0.2, -0.15) is 0 Å². The van der Waals surface area contributed by atoms with Crippen molar-refractivity contribution in [3.05, 3.63) is 0 Å². The summed E-state index contributed by atoms with van der Waals surface area (Å²) in [5.41, 5.74) is -1.64. The minimum Gasteiger partial charge on any atom is -0.481 e. The molecule has 0 saturated carbocycles. The lowest BCUT2D eigenvalue weighted by atomic mass is 9.85. The standard InChI is InChI=1S/C15H28N2O4/c1-7-12(19)15(5,16-6)9-11(8-13(20)21)17-14(3,4)10(2)18/h11,16-17H,7-9H2,1-6H3,(H,20,21). The molecule has 0 bridgehead atoms. The van der Waals surface area contributed by atoms with E-state index in [9.17, 15) is 14.4 Å². The highest BCUT2D eigenvalue weighted by molar-refractivity contribution is 5.88. The Bertz CT molecular complexity index is 406. The van der Waals surface area contributed by atoms with Crippen molar-refractivity contribution in [2.24, 2.45) is 0 Å². The van der Waals surface area contributed by atoms with E-state index in [0.29, 0.717) is 12.8 Å². The van der Waals surface area contributed by atoms with Crippen LogP contribution in [-0.2, 0) is 14.4 Å². The van der Waals surface area contributed by atoms with E-state index in [-0.39, 0.29) is 18.0 Å². The van der Waals surface area contributed by atoms with E-state index >= 15 is 0 Å². The molecule has 0 amide bonds. The summed E-state index contributed by atoms with van der Waals surface area (Å²) in [5, 5.41) is 15.1. The van der Waals surface area contributed by atoms with Crippen LogP contribution >= 0.6 is 0 Å². The third kappa shape index (κ3) is 5.93. The van der Waals surface area contributed by atoms with Crippen LogP contribution in [0.2, 0.25) is 0 Å². The molecule has 2 atom stereocenters. The van der Waals surface area contributed by atoms with Crippen LogP contribution in [0.15, 0.2) is 0 Å². The number of Topliss-reactive ketones (excluding diaryl/α,β-unsaturated/α-hetero) is 2. The SMILES string of the molecule is CCC(=O)C(C)(CC(CC(=O)O)NC(C)(C)C(C)=O)NC. The van der Waals surface area contributed by atoms with Gasteiger partial charge in [0.2, 0.25) is 0 Å². The molecule has 0 radical (unpaired) electrons. The summed E-state index contributed by atoms with van der Waals surface area (Å²) >= 11 is 0. The van der Waals surface area contributed by atoms with Gasteiger partial charge in [-0.1, -0.05) is 6.92 Å². The molecule has 0 heterocycles. The molecule has 0 rings (SSSR count).